The summed E-state index contributed by atoms with van der Waals surface area (Å²) in [6, 6.07) is 5.62. The molecule has 0 bridgehead atoms. The van der Waals surface area contributed by atoms with Crippen molar-refractivity contribution in [2.45, 2.75) is 6.92 Å². The summed E-state index contributed by atoms with van der Waals surface area (Å²) in [5.41, 5.74) is 0.866. The standard InChI is InChI=1S/C12H10Br3N3O/c1-6-16-11(15)5-12(17-6)18-9-4-10(19-2)8(14)3-7(9)13/h3-5H,1-2H3,(H,16,17,18). The number of anilines is 2. The first-order valence-electron chi connectivity index (χ1n) is 5.31. The van der Waals surface area contributed by atoms with E-state index < -0.39 is 0 Å². The summed E-state index contributed by atoms with van der Waals surface area (Å²) in [4.78, 5) is 8.49. The predicted molar refractivity (Wildman–Crippen MR) is 86.1 cm³/mol. The maximum Gasteiger partial charge on any atom is 0.135 e. The van der Waals surface area contributed by atoms with Crippen molar-refractivity contribution in [2.24, 2.45) is 0 Å². The Labute approximate surface area is 136 Å². The van der Waals surface area contributed by atoms with Crippen LogP contribution in [-0.2, 0) is 0 Å². The van der Waals surface area contributed by atoms with Crippen LogP contribution in [0, 0.1) is 6.92 Å². The largest absolute Gasteiger partial charge is 0.495 e. The van der Waals surface area contributed by atoms with Gasteiger partial charge in [0.15, 0.2) is 0 Å². The molecule has 0 atom stereocenters. The Morgan fingerprint density at radius 1 is 1.05 bits per heavy atom. The van der Waals surface area contributed by atoms with Crippen LogP contribution >= 0.6 is 47.8 Å². The molecule has 1 N–H and O–H groups in total. The molecular weight excluding hydrogens is 442 g/mol. The van der Waals surface area contributed by atoms with Gasteiger partial charge in [-0.3, -0.25) is 0 Å². The molecule has 1 aromatic carbocycles. The van der Waals surface area contributed by atoms with E-state index in [2.05, 4.69) is 63.1 Å². The number of nitrogens with zero attached hydrogens (tertiary/aromatic N) is 2. The lowest BCUT2D eigenvalue weighted by Gasteiger charge is -2.11. The highest BCUT2D eigenvalue weighted by atomic mass is 79.9. The van der Waals surface area contributed by atoms with Gasteiger partial charge in [0.1, 0.15) is 22.0 Å². The summed E-state index contributed by atoms with van der Waals surface area (Å²) in [5, 5.41) is 3.23. The van der Waals surface area contributed by atoms with Crippen LogP contribution in [-0.4, -0.2) is 17.1 Å². The van der Waals surface area contributed by atoms with Crippen LogP contribution < -0.4 is 10.1 Å². The summed E-state index contributed by atoms with van der Waals surface area (Å²) < 4.78 is 7.81. The van der Waals surface area contributed by atoms with Gasteiger partial charge in [-0.25, -0.2) is 9.97 Å². The molecule has 0 fully saturated rings. The monoisotopic (exact) mass is 449 g/mol. The molecular formula is C12H10Br3N3O. The van der Waals surface area contributed by atoms with Gasteiger partial charge in [0, 0.05) is 16.6 Å². The molecule has 0 unspecified atom stereocenters. The molecule has 100 valence electrons. The van der Waals surface area contributed by atoms with Crippen LogP contribution in [0.5, 0.6) is 5.75 Å². The Kier molecular flexibility index (Phi) is 4.81. The second kappa shape index (κ2) is 6.19. The molecule has 2 aromatic rings. The van der Waals surface area contributed by atoms with Gasteiger partial charge in [0.2, 0.25) is 0 Å². The number of aromatic nitrogens is 2. The van der Waals surface area contributed by atoms with Gasteiger partial charge in [0.25, 0.3) is 0 Å². The number of halogens is 3. The Morgan fingerprint density at radius 2 is 1.79 bits per heavy atom. The lowest BCUT2D eigenvalue weighted by Crippen LogP contribution is -1.99. The molecule has 7 heteroatoms. The molecule has 0 radical (unpaired) electrons. The van der Waals surface area contributed by atoms with E-state index in [4.69, 9.17) is 4.74 Å². The van der Waals surface area contributed by atoms with E-state index in [1.54, 1.807) is 7.11 Å². The number of hydrogen-bond donors (Lipinski definition) is 1. The Morgan fingerprint density at radius 3 is 2.42 bits per heavy atom. The molecule has 1 heterocycles. The number of hydrogen-bond acceptors (Lipinski definition) is 4. The van der Waals surface area contributed by atoms with Crippen LogP contribution in [0.1, 0.15) is 5.82 Å². The van der Waals surface area contributed by atoms with E-state index in [0.717, 1.165) is 25.0 Å². The molecule has 0 spiro atoms. The van der Waals surface area contributed by atoms with Crippen molar-refractivity contribution >= 4 is 59.3 Å². The quantitative estimate of drug-likeness (QED) is 0.679. The second-order valence-corrected chi connectivity index (χ2v) is 6.24. The van der Waals surface area contributed by atoms with Crippen molar-refractivity contribution in [1.29, 1.82) is 0 Å². The van der Waals surface area contributed by atoms with Crippen LogP contribution in [0.4, 0.5) is 11.5 Å². The minimum atomic E-state index is 0.692. The lowest BCUT2D eigenvalue weighted by atomic mass is 10.3. The van der Waals surface area contributed by atoms with E-state index >= 15 is 0 Å². The van der Waals surface area contributed by atoms with E-state index in [1.807, 2.05) is 25.1 Å². The number of rotatable bonds is 3. The average molecular weight is 452 g/mol. The fourth-order valence-corrected chi connectivity index (χ4v) is 3.24. The van der Waals surface area contributed by atoms with Crippen molar-refractivity contribution < 1.29 is 4.74 Å². The first-order chi connectivity index (χ1) is 8.99. The van der Waals surface area contributed by atoms with E-state index in [-0.39, 0.29) is 0 Å². The highest BCUT2D eigenvalue weighted by molar-refractivity contribution is 9.11. The van der Waals surface area contributed by atoms with Crippen molar-refractivity contribution in [3.05, 3.63) is 37.6 Å². The number of benzene rings is 1. The van der Waals surface area contributed by atoms with Gasteiger partial charge < -0.3 is 10.1 Å². The zero-order chi connectivity index (χ0) is 14.0. The van der Waals surface area contributed by atoms with Crippen molar-refractivity contribution in [2.75, 3.05) is 12.4 Å². The van der Waals surface area contributed by atoms with Gasteiger partial charge in [-0.15, -0.1) is 0 Å². The third kappa shape index (κ3) is 3.67. The Hall–Kier alpha value is -0.660. The topological polar surface area (TPSA) is 47.0 Å². The second-order valence-electron chi connectivity index (χ2n) is 3.71. The van der Waals surface area contributed by atoms with Crippen molar-refractivity contribution in [3.8, 4) is 5.75 Å². The maximum atomic E-state index is 5.28. The van der Waals surface area contributed by atoms with Gasteiger partial charge in [-0.05, 0) is 60.8 Å². The molecule has 2 rings (SSSR count). The average Bonchev–Trinajstić information content (AvgIpc) is 2.31. The molecule has 0 aliphatic heterocycles. The molecule has 4 nitrogen and oxygen atoms in total. The van der Waals surface area contributed by atoms with E-state index in [1.165, 1.54) is 0 Å². The van der Waals surface area contributed by atoms with Crippen molar-refractivity contribution in [3.63, 3.8) is 0 Å². The van der Waals surface area contributed by atoms with Gasteiger partial charge in [0.05, 0.1) is 17.3 Å². The summed E-state index contributed by atoms with van der Waals surface area (Å²) in [6.07, 6.45) is 0. The van der Waals surface area contributed by atoms with Crippen LogP contribution in [0.3, 0.4) is 0 Å². The molecule has 0 saturated carbocycles. The number of nitrogens with one attached hydrogen (secondary N) is 1. The lowest BCUT2D eigenvalue weighted by molar-refractivity contribution is 0.412. The first-order valence-corrected chi connectivity index (χ1v) is 7.68. The highest BCUT2D eigenvalue weighted by Gasteiger charge is 2.08. The van der Waals surface area contributed by atoms with Crippen LogP contribution in [0.2, 0.25) is 0 Å². The Balaban J connectivity index is 2.37. The molecule has 1 aromatic heterocycles. The van der Waals surface area contributed by atoms with Gasteiger partial charge in [-0.1, -0.05) is 0 Å². The minimum Gasteiger partial charge on any atom is -0.495 e. The van der Waals surface area contributed by atoms with Crippen LogP contribution in [0.15, 0.2) is 31.7 Å². The number of aryl methyl sites for hydroxylation is 1. The van der Waals surface area contributed by atoms with E-state index in [0.29, 0.717) is 11.6 Å². The SMILES string of the molecule is COc1cc(Nc2cc(Br)nc(C)n2)c(Br)cc1Br. The van der Waals surface area contributed by atoms with E-state index in [9.17, 15) is 0 Å². The fourth-order valence-electron chi connectivity index (χ4n) is 1.51. The Bertz CT molecular complexity index is 599. The number of methoxy groups -OCH3 is 1. The third-order valence-electron chi connectivity index (χ3n) is 2.31. The minimum absolute atomic E-state index is 0.692. The number of ether oxygens (including phenoxy) is 1. The molecule has 0 aliphatic rings. The molecule has 0 amide bonds. The molecule has 19 heavy (non-hydrogen) atoms. The molecule has 0 saturated heterocycles. The maximum absolute atomic E-state index is 5.28. The predicted octanol–water partition coefficient (Wildman–Crippen LogP) is 4.82. The zero-order valence-corrected chi connectivity index (χ0v) is 14.9. The normalized spacial score (nSPS) is 10.4. The first kappa shape index (κ1) is 14.7. The fraction of sp³-hybridized carbons (Fsp3) is 0.167. The third-order valence-corrected chi connectivity index (χ3v) is 3.99. The smallest absolute Gasteiger partial charge is 0.135 e. The van der Waals surface area contributed by atoms with Crippen LogP contribution in [0.25, 0.3) is 0 Å². The highest BCUT2D eigenvalue weighted by Crippen LogP contribution is 2.35. The summed E-state index contributed by atoms with van der Waals surface area (Å²) >= 11 is 10.3. The molecule has 0 aliphatic carbocycles. The van der Waals surface area contributed by atoms with Gasteiger partial charge in [-0.2, -0.15) is 0 Å². The summed E-state index contributed by atoms with van der Waals surface area (Å²) in [7, 11) is 1.63. The summed E-state index contributed by atoms with van der Waals surface area (Å²) in [6.45, 7) is 1.84. The van der Waals surface area contributed by atoms with Gasteiger partial charge >= 0.3 is 0 Å². The summed E-state index contributed by atoms with van der Waals surface area (Å²) in [5.74, 6) is 2.15. The zero-order valence-electron chi connectivity index (χ0n) is 10.2. The van der Waals surface area contributed by atoms with Crippen molar-refractivity contribution in [1.82, 2.24) is 9.97 Å².